The molecule has 4 rings (SSSR count). The van der Waals surface area contributed by atoms with Gasteiger partial charge in [-0.15, -0.1) is 13.2 Å². The maximum Gasteiger partial charge on any atom is 0.573 e. The molecule has 1 saturated heterocycles. The first-order chi connectivity index (χ1) is 18.7. The fraction of sp³-hybridized carbons (Fsp3) is 0.481. The molecule has 13 heteroatoms. The van der Waals surface area contributed by atoms with Gasteiger partial charge in [0.05, 0.1) is 29.1 Å². The van der Waals surface area contributed by atoms with Gasteiger partial charge >= 0.3 is 6.36 Å². The fourth-order valence-electron chi connectivity index (χ4n) is 5.09. The second-order valence-corrected chi connectivity index (χ2v) is 12.6. The van der Waals surface area contributed by atoms with Gasteiger partial charge in [0.25, 0.3) is 0 Å². The van der Waals surface area contributed by atoms with E-state index in [9.17, 15) is 36.3 Å². The Bertz CT molecular complexity index is 1370. The lowest BCUT2D eigenvalue weighted by Gasteiger charge is -2.36. The van der Waals surface area contributed by atoms with Crippen molar-refractivity contribution in [2.24, 2.45) is 5.92 Å². The molecular formula is C27H32F3N3O6S. The average Bonchev–Trinajstić information content (AvgIpc) is 3.24. The van der Waals surface area contributed by atoms with Gasteiger partial charge in [0, 0.05) is 26.2 Å². The molecule has 2 aromatic rings. The average molecular weight is 584 g/mol. The standard InChI is InChI=1S/C27H32F3N3O6S/c1-17(2)13-33(26(36)11-18-6-7-24-22(10-18)31-25(35)16-40(24,37)38)23(15-32-9-8-20(34)14-32)19-4-3-5-21(12-19)39-27(28,29)30/h3-7,10,12,17,20,23,34H,8-9,11,13-16H2,1-2H3,(H,31,35)/t20-,23-/m1/s1. The summed E-state index contributed by atoms with van der Waals surface area (Å²) in [6.07, 6.45) is -4.99. The number of anilines is 1. The van der Waals surface area contributed by atoms with Gasteiger partial charge in [-0.3, -0.25) is 14.5 Å². The van der Waals surface area contributed by atoms with Crippen molar-refractivity contribution < 1.29 is 41.0 Å². The number of alkyl halides is 3. The largest absolute Gasteiger partial charge is 0.573 e. The number of hydrogen-bond acceptors (Lipinski definition) is 7. The molecule has 0 unspecified atom stereocenters. The van der Waals surface area contributed by atoms with E-state index < -0.39 is 45.8 Å². The molecule has 2 heterocycles. The van der Waals surface area contributed by atoms with Gasteiger partial charge in [-0.2, -0.15) is 0 Å². The molecule has 2 N–H and O–H groups in total. The van der Waals surface area contributed by atoms with Gasteiger partial charge in [0.2, 0.25) is 11.8 Å². The van der Waals surface area contributed by atoms with Crippen molar-refractivity contribution in [2.45, 2.75) is 50.1 Å². The molecule has 9 nitrogen and oxygen atoms in total. The van der Waals surface area contributed by atoms with E-state index in [2.05, 4.69) is 10.1 Å². The zero-order valence-electron chi connectivity index (χ0n) is 22.1. The number of hydrogen-bond donors (Lipinski definition) is 2. The minimum absolute atomic E-state index is 0.0122. The van der Waals surface area contributed by atoms with Gasteiger partial charge in [-0.1, -0.05) is 32.0 Å². The monoisotopic (exact) mass is 583 g/mol. The number of likely N-dealkylation sites (tertiary alicyclic amines) is 1. The highest BCUT2D eigenvalue weighted by atomic mass is 32.2. The number of aliphatic hydroxyl groups is 1. The van der Waals surface area contributed by atoms with Gasteiger partial charge in [-0.25, -0.2) is 8.42 Å². The Kier molecular flexibility index (Phi) is 8.76. The number of benzene rings is 2. The first kappa shape index (κ1) is 29.8. The summed E-state index contributed by atoms with van der Waals surface area (Å²) in [5.41, 5.74) is 1.02. The van der Waals surface area contributed by atoms with E-state index >= 15 is 0 Å². The highest BCUT2D eigenvalue weighted by Crippen LogP contribution is 2.32. The predicted molar refractivity (Wildman–Crippen MR) is 140 cm³/mol. The number of nitrogens with one attached hydrogen (secondary N) is 1. The number of fused-ring (bicyclic) bond motifs is 1. The van der Waals surface area contributed by atoms with Crippen LogP contribution >= 0.6 is 0 Å². The molecule has 0 saturated carbocycles. The summed E-state index contributed by atoms with van der Waals surface area (Å²) in [6.45, 7) is 5.35. The summed E-state index contributed by atoms with van der Waals surface area (Å²) < 4.78 is 67.7. The van der Waals surface area contributed by atoms with Crippen LogP contribution in [0.15, 0.2) is 47.4 Å². The SMILES string of the molecule is CC(C)CN(C(=O)Cc1ccc2c(c1)NC(=O)CS2(=O)=O)[C@H](CN1CC[C@@H](O)C1)c1cccc(OC(F)(F)F)c1. The number of rotatable bonds is 9. The number of nitrogens with zero attached hydrogens (tertiary/aromatic N) is 2. The molecule has 2 amide bonds. The summed E-state index contributed by atoms with van der Waals surface area (Å²) in [5, 5.41) is 12.6. The maximum absolute atomic E-state index is 13.8. The Morgan fingerprint density at radius 3 is 2.62 bits per heavy atom. The van der Waals surface area contributed by atoms with E-state index in [1.54, 1.807) is 11.0 Å². The van der Waals surface area contributed by atoms with E-state index in [4.69, 9.17) is 0 Å². The van der Waals surface area contributed by atoms with Crippen LogP contribution in [0, 0.1) is 5.92 Å². The number of β-amino-alcohol motifs (C(OH)–C–C–N with tert-alkyl or cyclic N) is 1. The molecule has 218 valence electrons. The van der Waals surface area contributed by atoms with Crippen LogP contribution in [0.2, 0.25) is 0 Å². The number of aliphatic hydroxyl groups excluding tert-OH is 1. The summed E-state index contributed by atoms with van der Waals surface area (Å²) in [7, 11) is -3.78. The minimum Gasteiger partial charge on any atom is -0.406 e. The molecule has 0 radical (unpaired) electrons. The minimum atomic E-state index is -4.88. The van der Waals surface area contributed by atoms with Gasteiger partial charge < -0.3 is 20.1 Å². The van der Waals surface area contributed by atoms with Crippen molar-refractivity contribution in [1.82, 2.24) is 9.80 Å². The summed E-state index contributed by atoms with van der Waals surface area (Å²) >= 11 is 0. The molecule has 0 spiro atoms. The second-order valence-electron chi connectivity index (χ2n) is 10.6. The number of amides is 2. The third-order valence-electron chi connectivity index (χ3n) is 6.74. The molecule has 0 bridgehead atoms. The highest BCUT2D eigenvalue weighted by molar-refractivity contribution is 7.92. The molecule has 2 aromatic carbocycles. The van der Waals surface area contributed by atoms with E-state index in [0.717, 1.165) is 0 Å². The Labute approximate surface area is 230 Å². The van der Waals surface area contributed by atoms with E-state index in [1.807, 2.05) is 18.7 Å². The van der Waals surface area contributed by atoms with Crippen LogP contribution in [0.1, 0.15) is 37.4 Å². The van der Waals surface area contributed by atoms with Crippen LogP contribution in [-0.4, -0.2) is 79.5 Å². The summed E-state index contributed by atoms with van der Waals surface area (Å²) in [5.74, 6) is -2.03. The lowest BCUT2D eigenvalue weighted by atomic mass is 10.0. The van der Waals surface area contributed by atoms with E-state index in [1.165, 1.54) is 36.4 Å². The zero-order chi connectivity index (χ0) is 29.2. The molecule has 2 aliphatic rings. The number of sulfone groups is 1. The molecule has 40 heavy (non-hydrogen) atoms. The Hall–Kier alpha value is -3.16. The molecule has 0 aliphatic carbocycles. The summed E-state index contributed by atoms with van der Waals surface area (Å²) in [4.78, 5) is 29.3. The topological polar surface area (TPSA) is 116 Å². The quantitative estimate of drug-likeness (QED) is 0.466. The number of halogens is 3. The van der Waals surface area contributed by atoms with Gasteiger partial charge in [0.1, 0.15) is 11.5 Å². The van der Waals surface area contributed by atoms with Gasteiger partial charge in [0.15, 0.2) is 9.84 Å². The van der Waals surface area contributed by atoms with Crippen LogP contribution < -0.4 is 10.1 Å². The lowest BCUT2D eigenvalue weighted by Crippen LogP contribution is -2.43. The van der Waals surface area contributed by atoms with Crippen LogP contribution in [0.5, 0.6) is 5.75 Å². The van der Waals surface area contributed by atoms with Gasteiger partial charge in [-0.05, 0) is 47.7 Å². The van der Waals surface area contributed by atoms with Crippen molar-refractivity contribution in [2.75, 3.05) is 37.2 Å². The van der Waals surface area contributed by atoms with Crippen LogP contribution in [0.25, 0.3) is 0 Å². The third kappa shape index (κ3) is 7.52. The Balaban J connectivity index is 1.67. The molecule has 1 fully saturated rings. The van der Waals surface area contributed by atoms with E-state index in [0.29, 0.717) is 37.2 Å². The Morgan fingerprint density at radius 2 is 1.98 bits per heavy atom. The van der Waals surface area contributed by atoms with Crippen LogP contribution in [0.4, 0.5) is 18.9 Å². The van der Waals surface area contributed by atoms with Crippen molar-refractivity contribution in [1.29, 1.82) is 0 Å². The highest BCUT2D eigenvalue weighted by Gasteiger charge is 2.34. The van der Waals surface area contributed by atoms with Crippen LogP contribution in [-0.2, 0) is 25.8 Å². The summed E-state index contributed by atoms with van der Waals surface area (Å²) in [6, 6.07) is 9.22. The number of ether oxygens (including phenoxy) is 1. The maximum atomic E-state index is 13.8. The molecule has 0 aromatic heterocycles. The van der Waals surface area contributed by atoms with Crippen molar-refractivity contribution in [3.05, 3.63) is 53.6 Å². The van der Waals surface area contributed by atoms with Crippen molar-refractivity contribution in [3.63, 3.8) is 0 Å². The zero-order valence-corrected chi connectivity index (χ0v) is 23.0. The lowest BCUT2D eigenvalue weighted by molar-refractivity contribution is -0.274. The van der Waals surface area contributed by atoms with E-state index in [-0.39, 0.29) is 35.4 Å². The second kappa shape index (κ2) is 11.8. The number of carbonyl (C=O) groups excluding carboxylic acids is 2. The Morgan fingerprint density at radius 1 is 1.23 bits per heavy atom. The van der Waals surface area contributed by atoms with Crippen molar-refractivity contribution in [3.8, 4) is 5.75 Å². The smallest absolute Gasteiger partial charge is 0.406 e. The third-order valence-corrected chi connectivity index (χ3v) is 8.41. The number of carbonyl (C=O) groups is 2. The molecular weight excluding hydrogens is 551 g/mol. The predicted octanol–water partition coefficient (Wildman–Crippen LogP) is 3.15. The molecule has 2 atom stereocenters. The first-order valence-electron chi connectivity index (χ1n) is 12.9. The van der Waals surface area contributed by atoms with Crippen LogP contribution in [0.3, 0.4) is 0 Å². The molecule has 2 aliphatic heterocycles. The fourth-order valence-corrected chi connectivity index (χ4v) is 6.38. The first-order valence-corrected chi connectivity index (χ1v) is 14.6. The van der Waals surface area contributed by atoms with Crippen molar-refractivity contribution >= 4 is 27.3 Å². The normalized spacial score (nSPS) is 19.7.